The zero-order valence-corrected chi connectivity index (χ0v) is 12.5. The van der Waals surface area contributed by atoms with E-state index >= 15 is 0 Å². The van der Waals surface area contributed by atoms with E-state index in [1.54, 1.807) is 0 Å². The normalized spacial score (nSPS) is 18.4. The van der Waals surface area contributed by atoms with Gasteiger partial charge in [-0.25, -0.2) is 0 Å². The summed E-state index contributed by atoms with van der Waals surface area (Å²) in [5.74, 6) is -0.144. The summed E-state index contributed by atoms with van der Waals surface area (Å²) >= 11 is 0. The Balaban J connectivity index is 2.09. The average Bonchev–Trinajstić information content (AvgIpc) is 2.37. The fourth-order valence-corrected chi connectivity index (χ4v) is 2.57. The number of hydrogen-bond donors (Lipinski definition) is 0. The van der Waals surface area contributed by atoms with Gasteiger partial charge in [-0.15, -0.1) is 0 Å². The molecule has 1 saturated carbocycles. The second-order valence-corrected chi connectivity index (χ2v) is 5.70. The number of carbonyl (C=O) groups excluding carboxylic acids is 1. The molecular weight excluding hydrogens is 281 g/mol. The van der Waals surface area contributed by atoms with Crippen molar-refractivity contribution < 1.29 is 22.7 Å². The van der Waals surface area contributed by atoms with Gasteiger partial charge in [0, 0.05) is 6.42 Å². The van der Waals surface area contributed by atoms with Gasteiger partial charge in [0.25, 0.3) is 0 Å². The van der Waals surface area contributed by atoms with Gasteiger partial charge in [0.05, 0.1) is 0 Å². The predicted molar refractivity (Wildman–Crippen MR) is 75.8 cm³/mol. The Morgan fingerprint density at radius 3 is 2.33 bits per heavy atom. The first kappa shape index (κ1) is 18.1. The number of rotatable bonds is 6. The summed E-state index contributed by atoms with van der Waals surface area (Å²) in [6, 6.07) is 0. The molecule has 0 atom stereocenters. The Morgan fingerprint density at radius 1 is 1.10 bits per heavy atom. The highest BCUT2D eigenvalue weighted by molar-refractivity contribution is 5.69. The molecule has 1 fully saturated rings. The van der Waals surface area contributed by atoms with Crippen LogP contribution in [0, 0.1) is 5.92 Å². The predicted octanol–water partition coefficient (Wildman–Crippen LogP) is 5.18. The Hall–Kier alpha value is -1.00. The van der Waals surface area contributed by atoms with Crippen LogP contribution < -0.4 is 0 Å². The first-order chi connectivity index (χ1) is 9.97. The number of allylic oxidation sites excluding steroid dienone is 2. The van der Waals surface area contributed by atoms with E-state index in [0.29, 0.717) is 12.3 Å². The Kier molecular flexibility index (Phi) is 8.47. The van der Waals surface area contributed by atoms with Crippen molar-refractivity contribution in [2.45, 2.75) is 70.4 Å². The van der Waals surface area contributed by atoms with Crippen molar-refractivity contribution in [2.24, 2.45) is 5.92 Å². The van der Waals surface area contributed by atoms with Crippen LogP contribution in [0.25, 0.3) is 0 Å². The first-order valence-electron chi connectivity index (χ1n) is 7.86. The van der Waals surface area contributed by atoms with E-state index in [1.807, 2.05) is 0 Å². The highest BCUT2D eigenvalue weighted by atomic mass is 19.4. The summed E-state index contributed by atoms with van der Waals surface area (Å²) in [6.07, 6.45) is 10.1. The molecular formula is C16H25F3O2. The maximum atomic E-state index is 11.8. The van der Waals surface area contributed by atoms with Gasteiger partial charge >= 0.3 is 12.1 Å². The van der Waals surface area contributed by atoms with Crippen molar-refractivity contribution in [2.75, 3.05) is 6.61 Å². The van der Waals surface area contributed by atoms with E-state index in [-0.39, 0.29) is 6.42 Å². The highest BCUT2D eigenvalue weighted by Crippen LogP contribution is 2.23. The molecule has 0 radical (unpaired) electrons. The van der Waals surface area contributed by atoms with Gasteiger partial charge in [-0.05, 0) is 31.6 Å². The molecule has 0 bridgehead atoms. The lowest BCUT2D eigenvalue weighted by Crippen LogP contribution is -2.20. The minimum atomic E-state index is -4.44. The molecule has 0 spiro atoms. The molecule has 122 valence electrons. The average molecular weight is 306 g/mol. The molecule has 0 saturated heterocycles. The zero-order chi connectivity index (χ0) is 15.6. The Morgan fingerprint density at radius 2 is 1.71 bits per heavy atom. The Bertz CT molecular complexity index is 316. The van der Waals surface area contributed by atoms with Crippen molar-refractivity contribution in [3.05, 3.63) is 12.2 Å². The summed E-state index contributed by atoms with van der Waals surface area (Å²) in [4.78, 5) is 11.1. The van der Waals surface area contributed by atoms with Crippen LogP contribution in [-0.2, 0) is 9.53 Å². The summed E-state index contributed by atoms with van der Waals surface area (Å²) < 4.78 is 39.7. The lowest BCUT2D eigenvalue weighted by Gasteiger charge is -2.15. The maximum absolute atomic E-state index is 11.8. The zero-order valence-electron chi connectivity index (χ0n) is 12.5. The standard InChI is InChI=1S/C16H25F3O2/c17-16(18,19)13-21-15(20)12-8-4-7-11-14-9-5-2-1-3-6-10-14/h7,11,14H,1-6,8-10,12-13H2/b11-7-. The number of unbranched alkanes of at least 4 members (excludes halogenated alkanes) is 1. The SMILES string of the molecule is O=C(CCC/C=C\C1CCCCCCC1)OCC(F)(F)F. The third-order valence-corrected chi connectivity index (χ3v) is 3.71. The van der Waals surface area contributed by atoms with Crippen molar-refractivity contribution in [1.82, 2.24) is 0 Å². The van der Waals surface area contributed by atoms with Crippen LogP contribution in [0.5, 0.6) is 0 Å². The van der Waals surface area contributed by atoms with Gasteiger partial charge < -0.3 is 4.74 Å². The smallest absolute Gasteiger partial charge is 0.422 e. The van der Waals surface area contributed by atoms with Crippen LogP contribution in [-0.4, -0.2) is 18.8 Å². The third-order valence-electron chi connectivity index (χ3n) is 3.71. The molecule has 0 aromatic heterocycles. The number of ether oxygens (including phenoxy) is 1. The summed E-state index contributed by atoms with van der Waals surface area (Å²) in [5, 5.41) is 0. The quantitative estimate of drug-likeness (QED) is 0.384. The van der Waals surface area contributed by atoms with E-state index in [2.05, 4.69) is 16.9 Å². The summed E-state index contributed by atoms with van der Waals surface area (Å²) in [5.41, 5.74) is 0. The number of alkyl halides is 3. The maximum Gasteiger partial charge on any atom is 0.422 e. The fourth-order valence-electron chi connectivity index (χ4n) is 2.57. The molecule has 5 heteroatoms. The largest absolute Gasteiger partial charge is 0.456 e. The fraction of sp³-hybridized carbons (Fsp3) is 0.812. The highest BCUT2D eigenvalue weighted by Gasteiger charge is 2.29. The molecule has 0 N–H and O–H groups in total. The van der Waals surface area contributed by atoms with E-state index in [0.717, 1.165) is 6.42 Å². The van der Waals surface area contributed by atoms with E-state index in [1.165, 1.54) is 44.9 Å². The molecule has 21 heavy (non-hydrogen) atoms. The van der Waals surface area contributed by atoms with Gasteiger partial charge in [0.1, 0.15) is 0 Å². The van der Waals surface area contributed by atoms with Crippen molar-refractivity contribution in [1.29, 1.82) is 0 Å². The minimum Gasteiger partial charge on any atom is -0.456 e. The van der Waals surface area contributed by atoms with Crippen LogP contribution in [0.3, 0.4) is 0 Å². The van der Waals surface area contributed by atoms with Gasteiger partial charge in [-0.1, -0.05) is 44.3 Å². The van der Waals surface area contributed by atoms with Crippen molar-refractivity contribution in [3.63, 3.8) is 0 Å². The minimum absolute atomic E-state index is 0.0467. The van der Waals surface area contributed by atoms with Crippen LogP contribution >= 0.6 is 0 Å². The third kappa shape index (κ3) is 10.4. The molecule has 1 rings (SSSR count). The molecule has 1 aliphatic carbocycles. The summed E-state index contributed by atoms with van der Waals surface area (Å²) in [7, 11) is 0. The van der Waals surface area contributed by atoms with Crippen molar-refractivity contribution in [3.8, 4) is 0 Å². The lowest BCUT2D eigenvalue weighted by molar-refractivity contribution is -0.186. The topological polar surface area (TPSA) is 26.3 Å². The van der Waals surface area contributed by atoms with Gasteiger partial charge in [0.2, 0.25) is 0 Å². The van der Waals surface area contributed by atoms with Crippen LogP contribution in [0.2, 0.25) is 0 Å². The second-order valence-electron chi connectivity index (χ2n) is 5.70. The van der Waals surface area contributed by atoms with E-state index in [9.17, 15) is 18.0 Å². The molecule has 0 aromatic carbocycles. The van der Waals surface area contributed by atoms with Crippen LogP contribution in [0.1, 0.15) is 64.2 Å². The number of carbonyl (C=O) groups is 1. The Labute approximate surface area is 124 Å². The lowest BCUT2D eigenvalue weighted by atomic mass is 9.91. The number of esters is 1. The molecule has 1 aliphatic rings. The van der Waals surface area contributed by atoms with E-state index in [4.69, 9.17) is 0 Å². The second kappa shape index (κ2) is 9.85. The summed E-state index contributed by atoms with van der Waals surface area (Å²) in [6.45, 7) is -1.48. The number of halogens is 3. The molecule has 0 heterocycles. The molecule has 0 aromatic rings. The van der Waals surface area contributed by atoms with E-state index < -0.39 is 18.8 Å². The number of hydrogen-bond acceptors (Lipinski definition) is 2. The molecule has 0 aliphatic heterocycles. The molecule has 2 nitrogen and oxygen atoms in total. The monoisotopic (exact) mass is 306 g/mol. The van der Waals surface area contributed by atoms with Gasteiger partial charge in [0.15, 0.2) is 6.61 Å². The first-order valence-corrected chi connectivity index (χ1v) is 7.86. The van der Waals surface area contributed by atoms with Gasteiger partial charge in [-0.3, -0.25) is 4.79 Å². The molecule has 0 amide bonds. The van der Waals surface area contributed by atoms with Crippen LogP contribution in [0.15, 0.2) is 12.2 Å². The van der Waals surface area contributed by atoms with Crippen molar-refractivity contribution >= 4 is 5.97 Å². The van der Waals surface area contributed by atoms with Gasteiger partial charge in [-0.2, -0.15) is 13.2 Å². The molecule has 0 unspecified atom stereocenters. The van der Waals surface area contributed by atoms with Crippen LogP contribution in [0.4, 0.5) is 13.2 Å².